The van der Waals surface area contributed by atoms with Gasteiger partial charge in [0.15, 0.2) is 17.5 Å². The first-order valence-corrected chi connectivity index (χ1v) is 20.2. The molecule has 8 aromatic rings. The molecular formula is C54H43N3. The Morgan fingerprint density at radius 2 is 0.825 bits per heavy atom. The fourth-order valence-corrected chi connectivity index (χ4v) is 9.94. The zero-order valence-corrected chi connectivity index (χ0v) is 32.3. The van der Waals surface area contributed by atoms with Gasteiger partial charge in [0.25, 0.3) is 0 Å². The van der Waals surface area contributed by atoms with E-state index >= 15 is 0 Å². The van der Waals surface area contributed by atoms with Crippen LogP contribution in [0.15, 0.2) is 164 Å². The number of hydrogen-bond acceptors (Lipinski definition) is 3. The molecule has 0 N–H and O–H groups in total. The minimum absolute atomic E-state index is 0.136. The Kier molecular flexibility index (Phi) is 7.27. The van der Waals surface area contributed by atoms with Crippen LogP contribution in [-0.4, -0.2) is 15.0 Å². The van der Waals surface area contributed by atoms with Gasteiger partial charge in [0.2, 0.25) is 0 Å². The zero-order chi connectivity index (χ0) is 39.9. The Hall–Kier alpha value is -6.45. The highest BCUT2D eigenvalue weighted by atomic mass is 15.0. The van der Waals surface area contributed by atoms with Gasteiger partial charge in [0.05, 0.1) is 0 Å². The lowest BCUT2D eigenvalue weighted by Crippen LogP contribution is -2.28. The lowest BCUT2D eigenvalue weighted by molar-refractivity contribution is 0.353. The molecule has 274 valence electrons. The van der Waals surface area contributed by atoms with Crippen LogP contribution >= 0.6 is 0 Å². The highest BCUT2D eigenvalue weighted by Gasteiger charge is 2.43. The third kappa shape index (κ3) is 5.44. The van der Waals surface area contributed by atoms with Gasteiger partial charge in [-0.05, 0) is 104 Å². The highest BCUT2D eigenvalue weighted by Crippen LogP contribution is 2.56. The van der Waals surface area contributed by atoms with E-state index in [0.717, 1.165) is 46.2 Å². The van der Waals surface area contributed by atoms with Crippen LogP contribution in [0.25, 0.3) is 78.7 Å². The second-order valence-electron chi connectivity index (χ2n) is 16.4. The van der Waals surface area contributed by atoms with E-state index in [1.807, 2.05) is 18.2 Å². The van der Waals surface area contributed by atoms with Crippen molar-refractivity contribution in [1.82, 2.24) is 15.0 Å². The summed E-state index contributed by atoms with van der Waals surface area (Å²) in [4.78, 5) is 15.3. The van der Waals surface area contributed by atoms with Crippen molar-refractivity contribution in [2.24, 2.45) is 0 Å². The maximum absolute atomic E-state index is 8.51. The number of fused-ring (bicyclic) bond motifs is 8. The van der Waals surface area contributed by atoms with E-state index in [9.17, 15) is 0 Å². The predicted molar refractivity (Wildman–Crippen MR) is 234 cm³/mol. The van der Waals surface area contributed by atoms with Crippen molar-refractivity contribution in [2.45, 2.75) is 56.7 Å². The summed E-state index contributed by atoms with van der Waals surface area (Å²) >= 11 is 0. The Morgan fingerprint density at radius 3 is 1.51 bits per heavy atom. The van der Waals surface area contributed by atoms with E-state index in [1.54, 1.807) is 0 Å². The average Bonchev–Trinajstić information content (AvgIpc) is 3.69. The van der Waals surface area contributed by atoms with Crippen LogP contribution in [0.4, 0.5) is 0 Å². The van der Waals surface area contributed by atoms with Crippen LogP contribution in [-0.2, 0) is 10.8 Å². The second kappa shape index (κ2) is 13.1. The quantitative estimate of drug-likeness (QED) is 0.177. The third-order valence-electron chi connectivity index (χ3n) is 12.9. The summed E-state index contributed by atoms with van der Waals surface area (Å²) in [7, 11) is 0. The van der Waals surface area contributed by atoms with Gasteiger partial charge in [-0.2, -0.15) is 0 Å². The minimum atomic E-state index is -1.11. The SMILES string of the molecule is [2H]C1([2H])CCC2(CC1)c1ccccc1-c1ccc(-c3cccc(-c4cccc(-c5nc(-c6ccccc6)nc(-c6ccc7c(c6)C(C)(C)c6ccccc6-7)n5)c4)c3)cc12. The van der Waals surface area contributed by atoms with E-state index in [4.69, 9.17) is 17.7 Å². The van der Waals surface area contributed by atoms with Gasteiger partial charge in [-0.25, -0.2) is 15.0 Å². The molecule has 7 aromatic carbocycles. The maximum atomic E-state index is 8.51. The molecule has 0 radical (unpaired) electrons. The van der Waals surface area contributed by atoms with Gasteiger partial charge in [-0.15, -0.1) is 0 Å². The minimum Gasteiger partial charge on any atom is -0.208 e. The molecule has 0 atom stereocenters. The summed E-state index contributed by atoms with van der Waals surface area (Å²) in [6.45, 7) is 4.60. The van der Waals surface area contributed by atoms with Crippen LogP contribution < -0.4 is 0 Å². The van der Waals surface area contributed by atoms with Crippen molar-refractivity contribution in [2.75, 3.05) is 0 Å². The maximum Gasteiger partial charge on any atom is 0.164 e. The number of nitrogens with zero attached hydrogens (tertiary/aromatic N) is 3. The predicted octanol–water partition coefficient (Wildman–Crippen LogP) is 13.7. The van der Waals surface area contributed by atoms with Crippen LogP contribution in [0.3, 0.4) is 0 Å². The molecule has 3 aliphatic rings. The van der Waals surface area contributed by atoms with Gasteiger partial charge < -0.3 is 0 Å². The molecule has 0 aliphatic heterocycles. The second-order valence-corrected chi connectivity index (χ2v) is 16.4. The summed E-state index contributed by atoms with van der Waals surface area (Å²) in [6, 6.07) is 58.6. The number of aromatic nitrogens is 3. The van der Waals surface area contributed by atoms with Crippen molar-refractivity contribution >= 4 is 0 Å². The molecule has 1 spiro atoms. The van der Waals surface area contributed by atoms with Crippen LogP contribution in [0.1, 0.15) is 70.9 Å². The van der Waals surface area contributed by atoms with Crippen molar-refractivity contribution < 1.29 is 2.74 Å². The lowest BCUT2D eigenvalue weighted by Gasteiger charge is -2.36. The summed E-state index contributed by atoms with van der Waals surface area (Å²) < 4.78 is 17.0. The topological polar surface area (TPSA) is 38.7 Å². The standard InChI is InChI=1S/C54H43N3/c1-53(2)46-23-9-7-21-42(46)44-28-26-41(34-48(44)53)52-56-50(35-15-5-3-6-16-35)55-51(57-52)40-20-14-19-38(32-40)36-17-13-18-37(31-36)39-25-27-45-43-22-8-10-24-47(43)54(49(45)33-39)29-11-4-12-30-54/h3,5-10,13-28,31-34H,4,11-12,29-30H2,1-2H3/i4D2. The molecule has 1 aromatic heterocycles. The number of benzene rings is 7. The Balaban J connectivity index is 0.971. The van der Waals surface area contributed by atoms with Gasteiger partial charge in [-0.3, -0.25) is 0 Å². The first-order valence-electron chi connectivity index (χ1n) is 21.2. The highest BCUT2D eigenvalue weighted by molar-refractivity contribution is 5.86. The van der Waals surface area contributed by atoms with Gasteiger partial charge in [0.1, 0.15) is 0 Å². The Labute approximate surface area is 338 Å². The third-order valence-corrected chi connectivity index (χ3v) is 12.9. The number of rotatable bonds is 5. The molecule has 3 nitrogen and oxygen atoms in total. The zero-order valence-electron chi connectivity index (χ0n) is 34.3. The molecule has 1 fully saturated rings. The largest absolute Gasteiger partial charge is 0.208 e. The summed E-state index contributed by atoms with van der Waals surface area (Å²) in [5, 5.41) is 0. The van der Waals surface area contributed by atoms with Gasteiger partial charge in [-0.1, -0.05) is 173 Å². The van der Waals surface area contributed by atoms with Crippen molar-refractivity contribution in [3.05, 3.63) is 186 Å². The normalized spacial score (nSPS) is 16.9. The summed E-state index contributed by atoms with van der Waals surface area (Å²) in [5.74, 6) is 1.93. The molecule has 1 saturated carbocycles. The first kappa shape index (κ1) is 31.7. The van der Waals surface area contributed by atoms with Gasteiger partial charge in [0, 0.05) is 30.3 Å². The Bertz CT molecular complexity index is 2960. The monoisotopic (exact) mass is 735 g/mol. The van der Waals surface area contributed by atoms with Crippen molar-refractivity contribution in [3.8, 4) is 78.7 Å². The van der Waals surface area contributed by atoms with Crippen LogP contribution in [0, 0.1) is 0 Å². The molecule has 3 heteroatoms. The molecule has 11 rings (SSSR count). The molecule has 0 bridgehead atoms. The molecule has 1 heterocycles. The van der Waals surface area contributed by atoms with Crippen LogP contribution in [0.5, 0.6) is 0 Å². The fraction of sp³-hybridized carbons (Fsp3) is 0.167. The fourth-order valence-electron chi connectivity index (χ4n) is 9.94. The molecule has 0 saturated heterocycles. The first-order chi connectivity index (χ1) is 28.7. The summed E-state index contributed by atoms with van der Waals surface area (Å²) in [5.41, 5.74) is 17.6. The summed E-state index contributed by atoms with van der Waals surface area (Å²) in [6.07, 6.45) is 1.69. The lowest BCUT2D eigenvalue weighted by atomic mass is 9.67. The average molecular weight is 736 g/mol. The van der Waals surface area contributed by atoms with Crippen molar-refractivity contribution in [3.63, 3.8) is 0 Å². The molecule has 0 unspecified atom stereocenters. The number of hydrogen-bond donors (Lipinski definition) is 0. The molecular weight excluding hydrogens is 691 g/mol. The van der Waals surface area contributed by atoms with Crippen molar-refractivity contribution in [1.29, 1.82) is 0 Å². The molecule has 0 amide bonds. The van der Waals surface area contributed by atoms with E-state index in [2.05, 4.69) is 159 Å². The van der Waals surface area contributed by atoms with E-state index in [-0.39, 0.29) is 10.8 Å². The van der Waals surface area contributed by atoms with E-state index < -0.39 is 6.37 Å². The van der Waals surface area contributed by atoms with E-state index in [0.29, 0.717) is 30.3 Å². The molecule has 57 heavy (non-hydrogen) atoms. The smallest absolute Gasteiger partial charge is 0.164 e. The Morgan fingerprint density at radius 1 is 0.386 bits per heavy atom. The van der Waals surface area contributed by atoms with Gasteiger partial charge >= 0.3 is 0 Å². The van der Waals surface area contributed by atoms with Crippen LogP contribution in [0.2, 0.25) is 0 Å². The van der Waals surface area contributed by atoms with E-state index in [1.165, 1.54) is 50.1 Å². The molecule has 3 aliphatic carbocycles.